The van der Waals surface area contributed by atoms with E-state index in [9.17, 15) is 18.0 Å². The fraction of sp³-hybridized carbons (Fsp3) is 0.0769. The minimum atomic E-state index is -4.91. The highest BCUT2D eigenvalue weighted by Gasteiger charge is 2.33. The molecule has 4 nitrogen and oxygen atoms in total. The van der Waals surface area contributed by atoms with Gasteiger partial charge in [0.25, 0.3) is 0 Å². The number of carbonyl (C=O) groups is 1. The van der Waals surface area contributed by atoms with E-state index in [1.807, 2.05) is 0 Å². The second kappa shape index (κ2) is 6.02. The largest absolute Gasteiger partial charge is 0.573 e. The molecule has 0 atom stereocenters. The van der Waals surface area contributed by atoms with Crippen molar-refractivity contribution < 1.29 is 27.8 Å². The van der Waals surface area contributed by atoms with Crippen LogP contribution < -0.4 is 4.74 Å². The van der Waals surface area contributed by atoms with E-state index in [0.29, 0.717) is 0 Å². The number of aromatic carboxylic acids is 1. The van der Waals surface area contributed by atoms with Gasteiger partial charge < -0.3 is 9.84 Å². The van der Waals surface area contributed by atoms with Gasteiger partial charge in [0, 0.05) is 11.8 Å². The fourth-order valence-corrected chi connectivity index (χ4v) is 2.33. The molecule has 0 spiro atoms. The van der Waals surface area contributed by atoms with Crippen LogP contribution in [0.5, 0.6) is 5.75 Å². The first-order valence-corrected chi connectivity index (χ1v) is 6.38. The van der Waals surface area contributed by atoms with Gasteiger partial charge in [-0.25, -0.2) is 4.79 Å². The van der Waals surface area contributed by atoms with Crippen LogP contribution in [0.2, 0.25) is 10.0 Å². The molecule has 1 aromatic heterocycles. The van der Waals surface area contributed by atoms with Crippen LogP contribution in [0.25, 0.3) is 11.3 Å². The van der Waals surface area contributed by atoms with Gasteiger partial charge in [-0.05, 0) is 12.1 Å². The summed E-state index contributed by atoms with van der Waals surface area (Å²) in [5.41, 5.74) is -0.734. The zero-order valence-electron chi connectivity index (χ0n) is 10.5. The molecule has 2 rings (SSSR count). The normalized spacial score (nSPS) is 11.3. The van der Waals surface area contributed by atoms with Crippen molar-refractivity contribution in [1.29, 1.82) is 0 Å². The Morgan fingerprint density at radius 2 is 1.86 bits per heavy atom. The molecule has 116 valence electrons. The summed E-state index contributed by atoms with van der Waals surface area (Å²) in [5.74, 6) is -1.98. The molecule has 0 saturated heterocycles. The number of rotatable bonds is 3. The summed E-state index contributed by atoms with van der Waals surface area (Å²) >= 11 is 11.6. The number of hydrogen-bond donors (Lipinski definition) is 1. The van der Waals surface area contributed by atoms with Gasteiger partial charge in [0.1, 0.15) is 11.3 Å². The van der Waals surface area contributed by atoms with Gasteiger partial charge >= 0.3 is 12.3 Å². The first-order chi connectivity index (χ1) is 10.2. The Balaban J connectivity index is 2.63. The zero-order valence-corrected chi connectivity index (χ0v) is 12.0. The average Bonchev–Trinajstić information content (AvgIpc) is 2.38. The highest BCUT2D eigenvalue weighted by molar-refractivity contribution is 6.40. The van der Waals surface area contributed by atoms with Gasteiger partial charge in [-0.15, -0.1) is 13.2 Å². The number of hydrogen-bond acceptors (Lipinski definition) is 3. The summed E-state index contributed by atoms with van der Waals surface area (Å²) in [5, 5.41) is 8.46. The van der Waals surface area contributed by atoms with E-state index >= 15 is 0 Å². The van der Waals surface area contributed by atoms with Gasteiger partial charge in [-0.1, -0.05) is 35.3 Å². The van der Waals surface area contributed by atoms with Crippen LogP contribution in [0.4, 0.5) is 13.2 Å². The molecular formula is C13H6Cl2F3NO3. The summed E-state index contributed by atoms with van der Waals surface area (Å²) in [6.45, 7) is 0. The zero-order chi connectivity index (χ0) is 16.5. The summed E-state index contributed by atoms with van der Waals surface area (Å²) in [6.07, 6.45) is -3.92. The third kappa shape index (κ3) is 3.42. The SMILES string of the molecule is O=C(O)c1c(Cl)cnc(-c2ccccc2OC(F)(F)F)c1Cl. The maximum absolute atomic E-state index is 12.4. The summed E-state index contributed by atoms with van der Waals surface area (Å²) in [4.78, 5) is 14.9. The molecule has 0 aliphatic heterocycles. The van der Waals surface area contributed by atoms with Crippen molar-refractivity contribution in [3.05, 3.63) is 46.1 Å². The number of benzene rings is 1. The van der Waals surface area contributed by atoms with Crippen LogP contribution in [-0.2, 0) is 0 Å². The molecule has 9 heteroatoms. The lowest BCUT2D eigenvalue weighted by molar-refractivity contribution is -0.274. The van der Waals surface area contributed by atoms with Gasteiger partial charge in [0.2, 0.25) is 0 Å². The molecule has 2 aromatic rings. The minimum absolute atomic E-state index is 0.107. The summed E-state index contributed by atoms with van der Waals surface area (Å²) in [6, 6.07) is 5.10. The topological polar surface area (TPSA) is 59.4 Å². The van der Waals surface area contributed by atoms with E-state index in [1.165, 1.54) is 18.2 Å². The lowest BCUT2D eigenvalue weighted by atomic mass is 10.1. The molecule has 0 aliphatic rings. The van der Waals surface area contributed by atoms with Crippen LogP contribution in [-0.4, -0.2) is 22.4 Å². The molecular weight excluding hydrogens is 346 g/mol. The third-order valence-corrected chi connectivity index (χ3v) is 3.21. The molecule has 22 heavy (non-hydrogen) atoms. The maximum Gasteiger partial charge on any atom is 0.573 e. The van der Waals surface area contributed by atoms with Crippen molar-refractivity contribution in [3.63, 3.8) is 0 Å². The number of carboxylic acid groups (broad SMARTS) is 1. The minimum Gasteiger partial charge on any atom is -0.478 e. The Morgan fingerprint density at radius 3 is 2.45 bits per heavy atom. The fourth-order valence-electron chi connectivity index (χ4n) is 1.73. The second-order valence-corrected chi connectivity index (χ2v) is 4.78. The Labute approximate surface area is 132 Å². The first-order valence-electron chi connectivity index (χ1n) is 5.63. The van der Waals surface area contributed by atoms with E-state index in [-0.39, 0.29) is 21.3 Å². The van der Waals surface area contributed by atoms with Gasteiger partial charge in [-0.3, -0.25) is 4.98 Å². The van der Waals surface area contributed by atoms with Crippen LogP contribution in [0.15, 0.2) is 30.5 Å². The first kappa shape index (κ1) is 16.4. The second-order valence-electron chi connectivity index (χ2n) is 3.99. The molecule has 1 heterocycles. The van der Waals surface area contributed by atoms with Crippen LogP contribution in [0.3, 0.4) is 0 Å². The quantitative estimate of drug-likeness (QED) is 0.874. The molecule has 1 N–H and O–H groups in total. The number of para-hydroxylation sites is 1. The van der Waals surface area contributed by atoms with E-state index in [2.05, 4.69) is 9.72 Å². The Hall–Kier alpha value is -1.99. The summed E-state index contributed by atoms with van der Waals surface area (Å²) < 4.78 is 41.1. The highest BCUT2D eigenvalue weighted by atomic mass is 35.5. The van der Waals surface area contributed by atoms with Crippen molar-refractivity contribution in [2.75, 3.05) is 0 Å². The number of carboxylic acids is 1. The van der Waals surface area contributed by atoms with E-state index in [0.717, 1.165) is 12.3 Å². The standard InChI is InChI=1S/C13H6Cl2F3NO3/c14-7-5-19-11(10(15)9(7)12(20)21)6-3-1-2-4-8(6)22-13(16,17)18/h1-5H,(H,20,21). The Bertz CT molecular complexity index is 735. The highest BCUT2D eigenvalue weighted by Crippen LogP contribution is 2.38. The molecule has 0 amide bonds. The van der Waals surface area contributed by atoms with Crippen molar-refractivity contribution in [2.45, 2.75) is 6.36 Å². The molecule has 0 fully saturated rings. The van der Waals surface area contributed by atoms with Crippen LogP contribution in [0, 0.1) is 0 Å². The number of ether oxygens (including phenoxy) is 1. The van der Waals surface area contributed by atoms with Crippen molar-refractivity contribution in [2.24, 2.45) is 0 Å². The van der Waals surface area contributed by atoms with Crippen LogP contribution in [0.1, 0.15) is 10.4 Å². The Kier molecular flexibility index (Phi) is 4.48. The maximum atomic E-state index is 12.4. The number of pyridine rings is 1. The van der Waals surface area contributed by atoms with Crippen molar-refractivity contribution in [3.8, 4) is 17.0 Å². The van der Waals surface area contributed by atoms with Gasteiger partial charge in [0.15, 0.2) is 0 Å². The molecule has 0 radical (unpaired) electrons. The molecule has 0 bridgehead atoms. The smallest absolute Gasteiger partial charge is 0.478 e. The molecule has 1 aromatic carbocycles. The number of nitrogens with zero attached hydrogens (tertiary/aromatic N) is 1. The molecule has 0 aliphatic carbocycles. The van der Waals surface area contributed by atoms with E-state index < -0.39 is 23.6 Å². The monoisotopic (exact) mass is 351 g/mol. The average molecular weight is 352 g/mol. The van der Waals surface area contributed by atoms with Gasteiger partial charge in [0.05, 0.1) is 15.7 Å². The molecule has 0 unspecified atom stereocenters. The number of halogens is 5. The van der Waals surface area contributed by atoms with E-state index in [4.69, 9.17) is 28.3 Å². The van der Waals surface area contributed by atoms with Crippen molar-refractivity contribution >= 4 is 29.2 Å². The third-order valence-electron chi connectivity index (χ3n) is 2.55. The van der Waals surface area contributed by atoms with Crippen molar-refractivity contribution in [1.82, 2.24) is 4.98 Å². The van der Waals surface area contributed by atoms with Gasteiger partial charge in [-0.2, -0.15) is 0 Å². The lowest BCUT2D eigenvalue weighted by Gasteiger charge is -2.14. The predicted octanol–water partition coefficient (Wildman–Crippen LogP) is 4.65. The Morgan fingerprint density at radius 1 is 1.23 bits per heavy atom. The molecule has 0 saturated carbocycles. The summed E-state index contributed by atoms with van der Waals surface area (Å²) in [7, 11) is 0. The predicted molar refractivity (Wildman–Crippen MR) is 73.3 cm³/mol. The van der Waals surface area contributed by atoms with Crippen LogP contribution >= 0.6 is 23.2 Å². The lowest BCUT2D eigenvalue weighted by Crippen LogP contribution is -2.17. The van der Waals surface area contributed by atoms with E-state index in [1.54, 1.807) is 0 Å². The number of aromatic nitrogens is 1. The number of alkyl halides is 3.